The van der Waals surface area contributed by atoms with Gasteiger partial charge in [-0.2, -0.15) is 0 Å². The minimum atomic E-state index is -1.66. The highest BCUT2D eigenvalue weighted by Gasteiger charge is 2.45. The quantitative estimate of drug-likeness (QED) is 0.133. The molecular formula is C37H48O12. The molecule has 0 aromatic heterocycles. The number of Topliss-reactive ketones (excluding diaryl/α,β-unsaturated/α-hetero) is 1. The number of phenols is 1. The summed E-state index contributed by atoms with van der Waals surface area (Å²) in [7, 11) is 1.43. The van der Waals surface area contributed by atoms with Crippen LogP contribution in [-0.4, -0.2) is 88.3 Å². The number of carbonyl (C=O) groups excluding carboxylic acids is 2. The van der Waals surface area contributed by atoms with E-state index in [1.807, 2.05) is 26.8 Å². The zero-order valence-corrected chi connectivity index (χ0v) is 28.4. The number of methoxy groups -OCH3 is 1. The number of hydrogen-bond acceptors (Lipinski definition) is 12. The van der Waals surface area contributed by atoms with Gasteiger partial charge in [0.05, 0.1) is 25.5 Å². The molecule has 2 aromatic rings. The number of aliphatic hydroxyl groups excluding tert-OH is 4. The van der Waals surface area contributed by atoms with E-state index in [1.54, 1.807) is 12.1 Å². The van der Waals surface area contributed by atoms with E-state index in [4.69, 9.17) is 23.7 Å². The fourth-order valence-electron chi connectivity index (χ4n) is 5.78. The number of ether oxygens (including phenoxy) is 5. The van der Waals surface area contributed by atoms with Gasteiger partial charge in [-0.25, -0.2) is 0 Å². The van der Waals surface area contributed by atoms with Crippen molar-refractivity contribution in [2.24, 2.45) is 5.92 Å². The smallest absolute Gasteiger partial charge is 0.309 e. The monoisotopic (exact) mass is 684 g/mol. The molecule has 1 fully saturated rings. The maximum absolute atomic E-state index is 12.9. The van der Waals surface area contributed by atoms with Crippen LogP contribution in [0.4, 0.5) is 0 Å². The lowest BCUT2D eigenvalue weighted by Crippen LogP contribution is -2.60. The standard InChI is InChI=1S/C37H48O12/c1-21(2)7-5-9-23(19-38)10-6-8-22(3)15-33(41)46-20-32-34(42)35(43)36(44)37(49-32)47-25-12-13-26-27(39)18-30(48-31(26)17-25)24-11-14-29(45-4)28(40)16-24/h7-8,11-14,16-17,23,30,32,34-38,40,42-44H,5-6,9-10,15,18-20H2,1-4H3. The molecule has 5 N–H and O–H groups in total. The first-order valence-electron chi connectivity index (χ1n) is 16.5. The molecule has 2 aliphatic rings. The summed E-state index contributed by atoms with van der Waals surface area (Å²) >= 11 is 0. The van der Waals surface area contributed by atoms with Gasteiger partial charge in [0.1, 0.15) is 48.6 Å². The van der Waals surface area contributed by atoms with E-state index in [0.29, 0.717) is 17.5 Å². The van der Waals surface area contributed by atoms with Crippen molar-refractivity contribution in [3.8, 4) is 23.0 Å². The second-order valence-corrected chi connectivity index (χ2v) is 12.9. The van der Waals surface area contributed by atoms with Crippen molar-refractivity contribution in [1.82, 2.24) is 0 Å². The SMILES string of the molecule is COc1ccc(C2CC(=O)c3ccc(OC4OC(COC(=O)CC(C)=CCCC(CO)CCC=C(C)C)C(O)C(O)C4O)cc3O2)cc1O. The Kier molecular flexibility index (Phi) is 13.6. The van der Waals surface area contributed by atoms with Crippen molar-refractivity contribution in [3.05, 3.63) is 70.8 Å². The number of phenolic OH excluding ortho intramolecular Hbond substituents is 1. The Hall–Kier alpha value is -3.94. The first-order valence-corrected chi connectivity index (χ1v) is 16.5. The Balaban J connectivity index is 1.32. The van der Waals surface area contributed by atoms with Crippen LogP contribution in [0.5, 0.6) is 23.0 Å². The minimum Gasteiger partial charge on any atom is -0.504 e. The van der Waals surface area contributed by atoms with Crippen LogP contribution < -0.4 is 14.2 Å². The average molecular weight is 685 g/mol. The Morgan fingerprint density at radius 1 is 1.00 bits per heavy atom. The highest BCUT2D eigenvalue weighted by atomic mass is 16.7. The number of benzene rings is 2. The summed E-state index contributed by atoms with van der Waals surface area (Å²) in [6.45, 7) is 5.61. The van der Waals surface area contributed by atoms with Gasteiger partial charge in [0.15, 0.2) is 17.3 Å². The van der Waals surface area contributed by atoms with E-state index in [0.717, 1.165) is 24.8 Å². The number of hydrogen-bond donors (Lipinski definition) is 5. The molecule has 12 heteroatoms. The lowest BCUT2D eigenvalue weighted by molar-refractivity contribution is -0.278. The molecule has 7 atom stereocenters. The van der Waals surface area contributed by atoms with Crippen molar-refractivity contribution in [3.63, 3.8) is 0 Å². The third-order valence-corrected chi connectivity index (χ3v) is 8.67. The van der Waals surface area contributed by atoms with E-state index in [1.165, 1.54) is 36.9 Å². The summed E-state index contributed by atoms with van der Waals surface area (Å²) < 4.78 is 28.1. The van der Waals surface area contributed by atoms with Crippen LogP contribution in [0.2, 0.25) is 0 Å². The molecule has 0 radical (unpaired) electrons. The summed E-state index contributed by atoms with van der Waals surface area (Å²) in [6.07, 6.45) is -0.751. The maximum Gasteiger partial charge on any atom is 0.309 e. The summed E-state index contributed by atoms with van der Waals surface area (Å²) in [5.41, 5.74) is 2.93. The summed E-state index contributed by atoms with van der Waals surface area (Å²) in [4.78, 5) is 25.5. The predicted molar refractivity (Wildman–Crippen MR) is 179 cm³/mol. The fourth-order valence-corrected chi connectivity index (χ4v) is 5.78. The molecule has 2 heterocycles. The molecule has 0 bridgehead atoms. The van der Waals surface area contributed by atoms with Crippen LogP contribution in [-0.2, 0) is 14.3 Å². The average Bonchev–Trinajstić information content (AvgIpc) is 3.06. The van der Waals surface area contributed by atoms with Crippen LogP contribution in [0.1, 0.15) is 81.3 Å². The van der Waals surface area contributed by atoms with Gasteiger partial charge < -0.3 is 49.2 Å². The molecule has 2 aromatic carbocycles. The number of esters is 1. The van der Waals surface area contributed by atoms with Crippen LogP contribution in [0.3, 0.4) is 0 Å². The van der Waals surface area contributed by atoms with Gasteiger partial charge in [0.2, 0.25) is 6.29 Å². The molecule has 268 valence electrons. The van der Waals surface area contributed by atoms with Crippen LogP contribution in [0.25, 0.3) is 0 Å². The summed E-state index contributed by atoms with van der Waals surface area (Å²) in [5, 5.41) is 51.6. The lowest BCUT2D eigenvalue weighted by atomic mass is 9.96. The molecule has 0 saturated carbocycles. The van der Waals surface area contributed by atoms with Gasteiger partial charge in [0.25, 0.3) is 0 Å². The van der Waals surface area contributed by atoms with Gasteiger partial charge >= 0.3 is 5.97 Å². The molecule has 2 aliphatic heterocycles. The Morgan fingerprint density at radius 2 is 1.73 bits per heavy atom. The molecule has 1 saturated heterocycles. The number of ketones is 1. The van der Waals surface area contributed by atoms with E-state index in [2.05, 4.69) is 6.08 Å². The van der Waals surface area contributed by atoms with E-state index < -0.39 is 49.4 Å². The van der Waals surface area contributed by atoms with Gasteiger partial charge in [-0.3, -0.25) is 9.59 Å². The Bertz CT molecular complexity index is 1500. The number of rotatable bonds is 15. The van der Waals surface area contributed by atoms with Gasteiger partial charge in [-0.05, 0) is 82.2 Å². The largest absolute Gasteiger partial charge is 0.504 e. The number of aromatic hydroxyl groups is 1. The third kappa shape index (κ3) is 10.3. The number of allylic oxidation sites excluding steroid dienone is 3. The molecule has 12 nitrogen and oxygen atoms in total. The predicted octanol–water partition coefficient (Wildman–Crippen LogP) is 4.31. The van der Waals surface area contributed by atoms with Gasteiger partial charge in [-0.1, -0.05) is 29.4 Å². The van der Waals surface area contributed by atoms with Crippen molar-refractivity contribution in [2.75, 3.05) is 20.3 Å². The zero-order valence-electron chi connectivity index (χ0n) is 28.4. The minimum absolute atomic E-state index is 0.0143. The Morgan fingerprint density at radius 3 is 2.41 bits per heavy atom. The highest BCUT2D eigenvalue weighted by molar-refractivity contribution is 6.00. The molecule has 49 heavy (non-hydrogen) atoms. The summed E-state index contributed by atoms with van der Waals surface area (Å²) in [6, 6.07) is 9.18. The van der Waals surface area contributed by atoms with E-state index in [-0.39, 0.29) is 54.1 Å². The maximum atomic E-state index is 12.9. The molecule has 0 aliphatic carbocycles. The van der Waals surface area contributed by atoms with Crippen LogP contribution in [0, 0.1) is 5.92 Å². The second kappa shape index (κ2) is 17.6. The van der Waals surface area contributed by atoms with Gasteiger partial charge in [0, 0.05) is 12.7 Å². The number of carbonyl (C=O) groups is 2. The molecule has 7 unspecified atom stereocenters. The first kappa shape index (κ1) is 37.9. The highest BCUT2D eigenvalue weighted by Crippen LogP contribution is 2.39. The molecule has 0 amide bonds. The molecule has 4 rings (SSSR count). The molecule has 0 spiro atoms. The van der Waals surface area contributed by atoms with Crippen molar-refractivity contribution >= 4 is 11.8 Å². The van der Waals surface area contributed by atoms with Crippen molar-refractivity contribution in [2.45, 2.75) is 96.1 Å². The normalized spacial score (nSPS) is 24.3. The Labute approximate surface area is 286 Å². The first-order chi connectivity index (χ1) is 23.4. The van der Waals surface area contributed by atoms with E-state index >= 15 is 0 Å². The zero-order chi connectivity index (χ0) is 35.7. The van der Waals surface area contributed by atoms with Crippen LogP contribution >= 0.6 is 0 Å². The molecular weight excluding hydrogens is 636 g/mol. The van der Waals surface area contributed by atoms with Crippen molar-refractivity contribution < 1.29 is 58.8 Å². The summed E-state index contributed by atoms with van der Waals surface area (Å²) in [5.74, 6) is -0.0119. The van der Waals surface area contributed by atoms with Gasteiger partial charge in [-0.15, -0.1) is 0 Å². The van der Waals surface area contributed by atoms with E-state index in [9.17, 15) is 35.1 Å². The lowest BCUT2D eigenvalue weighted by Gasteiger charge is -2.40. The fraction of sp³-hybridized carbons (Fsp3) is 0.514. The van der Waals surface area contributed by atoms with Crippen molar-refractivity contribution in [1.29, 1.82) is 0 Å². The van der Waals surface area contributed by atoms with Crippen LogP contribution in [0.15, 0.2) is 59.7 Å². The third-order valence-electron chi connectivity index (χ3n) is 8.67. The number of aliphatic hydroxyl groups is 4. The number of fused-ring (bicyclic) bond motifs is 1. The second-order valence-electron chi connectivity index (χ2n) is 12.9. The topological polar surface area (TPSA) is 181 Å².